The maximum Gasteiger partial charge on any atom is 0.203 e. The minimum absolute atomic E-state index is 0.0678. The number of benzene rings is 1. The lowest BCUT2D eigenvalue weighted by Gasteiger charge is -2.29. The van der Waals surface area contributed by atoms with Gasteiger partial charge in [-0.2, -0.15) is 0 Å². The van der Waals surface area contributed by atoms with Gasteiger partial charge in [-0.05, 0) is 29.5 Å². The van der Waals surface area contributed by atoms with Gasteiger partial charge >= 0.3 is 0 Å². The van der Waals surface area contributed by atoms with Crippen LogP contribution in [0.2, 0.25) is 0 Å². The highest BCUT2D eigenvalue weighted by atomic mass is 16.5. The molecule has 2 atom stereocenters. The number of aliphatic hydroxyl groups is 1. The Bertz CT molecular complexity index is 443. The van der Waals surface area contributed by atoms with E-state index in [4.69, 9.17) is 19.9 Å². The monoisotopic (exact) mass is 297 g/mol. The molecule has 1 rings (SSSR count). The Hall–Kier alpha value is -1.46. The van der Waals surface area contributed by atoms with E-state index >= 15 is 0 Å². The molecule has 0 aliphatic heterocycles. The van der Waals surface area contributed by atoms with Crippen LogP contribution in [0.4, 0.5) is 0 Å². The van der Waals surface area contributed by atoms with Crippen molar-refractivity contribution in [3.8, 4) is 17.2 Å². The number of hydrogen-bond acceptors (Lipinski definition) is 5. The summed E-state index contributed by atoms with van der Waals surface area (Å²) in [5.41, 5.74) is 6.77. The van der Waals surface area contributed by atoms with Crippen LogP contribution < -0.4 is 19.9 Å². The van der Waals surface area contributed by atoms with Crippen LogP contribution in [-0.2, 0) is 0 Å². The van der Waals surface area contributed by atoms with Gasteiger partial charge in [-0.25, -0.2) is 0 Å². The highest BCUT2D eigenvalue weighted by Crippen LogP contribution is 2.40. The third kappa shape index (κ3) is 4.25. The van der Waals surface area contributed by atoms with Crippen molar-refractivity contribution in [2.24, 2.45) is 11.1 Å². The van der Waals surface area contributed by atoms with E-state index < -0.39 is 6.10 Å². The number of nitrogens with two attached hydrogens (primary N) is 1. The van der Waals surface area contributed by atoms with Crippen molar-refractivity contribution >= 4 is 0 Å². The first-order valence-corrected chi connectivity index (χ1v) is 6.98. The van der Waals surface area contributed by atoms with Gasteiger partial charge < -0.3 is 25.1 Å². The standard InChI is InChI=1S/C16H27NO4/c1-16(2,3)14(17)9-11(18)10-7-12(19-4)15(21-6)13(8-10)20-5/h7-8,11,14,18H,9,17H2,1-6H3/t11-,14-/m0/s1. The largest absolute Gasteiger partial charge is 0.493 e. The van der Waals surface area contributed by atoms with Crippen LogP contribution >= 0.6 is 0 Å². The van der Waals surface area contributed by atoms with E-state index in [2.05, 4.69) is 20.8 Å². The Morgan fingerprint density at radius 2 is 1.52 bits per heavy atom. The zero-order valence-corrected chi connectivity index (χ0v) is 13.8. The summed E-state index contributed by atoms with van der Waals surface area (Å²) in [6.45, 7) is 6.17. The average molecular weight is 297 g/mol. The Kier molecular flexibility index (Phi) is 5.87. The summed E-state index contributed by atoms with van der Waals surface area (Å²) in [5, 5.41) is 10.4. The number of ether oxygens (including phenoxy) is 3. The summed E-state index contributed by atoms with van der Waals surface area (Å²) >= 11 is 0. The van der Waals surface area contributed by atoms with E-state index in [0.717, 1.165) is 0 Å². The third-order valence-electron chi connectivity index (χ3n) is 3.66. The molecule has 5 nitrogen and oxygen atoms in total. The molecule has 0 saturated heterocycles. The number of hydrogen-bond donors (Lipinski definition) is 2. The fourth-order valence-corrected chi connectivity index (χ4v) is 2.02. The molecule has 0 aliphatic rings. The van der Waals surface area contributed by atoms with Gasteiger partial charge in [-0.3, -0.25) is 0 Å². The third-order valence-corrected chi connectivity index (χ3v) is 3.66. The molecule has 0 radical (unpaired) electrons. The maximum atomic E-state index is 10.4. The Balaban J connectivity index is 3.07. The quantitative estimate of drug-likeness (QED) is 0.844. The van der Waals surface area contributed by atoms with Gasteiger partial charge in [0.15, 0.2) is 11.5 Å². The lowest BCUT2D eigenvalue weighted by atomic mass is 9.83. The summed E-state index contributed by atoms with van der Waals surface area (Å²) in [7, 11) is 4.65. The van der Waals surface area contributed by atoms with Crippen LogP contribution in [0.3, 0.4) is 0 Å². The lowest BCUT2D eigenvalue weighted by molar-refractivity contribution is 0.132. The highest BCUT2D eigenvalue weighted by Gasteiger charge is 2.25. The van der Waals surface area contributed by atoms with E-state index in [-0.39, 0.29) is 11.5 Å². The van der Waals surface area contributed by atoms with Gasteiger partial charge in [0.25, 0.3) is 0 Å². The van der Waals surface area contributed by atoms with Crippen LogP contribution in [0.15, 0.2) is 12.1 Å². The number of rotatable bonds is 6. The second kappa shape index (κ2) is 7.00. The SMILES string of the molecule is COc1cc([C@@H](O)C[C@H](N)C(C)(C)C)cc(OC)c1OC. The van der Waals surface area contributed by atoms with E-state index in [0.29, 0.717) is 29.2 Å². The summed E-state index contributed by atoms with van der Waals surface area (Å²) in [6.07, 6.45) is -0.227. The van der Waals surface area contributed by atoms with E-state index in [9.17, 15) is 5.11 Å². The normalized spacial score (nSPS) is 14.5. The van der Waals surface area contributed by atoms with E-state index in [1.54, 1.807) is 33.5 Å². The van der Waals surface area contributed by atoms with Gasteiger partial charge in [-0.15, -0.1) is 0 Å². The first-order valence-electron chi connectivity index (χ1n) is 6.98. The molecular formula is C16H27NO4. The zero-order chi connectivity index (χ0) is 16.2. The number of methoxy groups -OCH3 is 3. The summed E-state index contributed by atoms with van der Waals surface area (Å²) in [6, 6.07) is 3.38. The van der Waals surface area contributed by atoms with Gasteiger partial charge in [0.2, 0.25) is 5.75 Å². The fourth-order valence-electron chi connectivity index (χ4n) is 2.02. The van der Waals surface area contributed by atoms with Crippen molar-refractivity contribution in [1.82, 2.24) is 0 Å². The molecule has 0 unspecified atom stereocenters. The number of aliphatic hydroxyl groups excluding tert-OH is 1. The average Bonchev–Trinajstić information content (AvgIpc) is 2.44. The molecule has 5 heteroatoms. The van der Waals surface area contributed by atoms with Crippen molar-refractivity contribution < 1.29 is 19.3 Å². The molecule has 1 aromatic rings. The molecule has 0 fully saturated rings. The molecule has 3 N–H and O–H groups in total. The van der Waals surface area contributed by atoms with Crippen molar-refractivity contribution in [3.05, 3.63) is 17.7 Å². The highest BCUT2D eigenvalue weighted by molar-refractivity contribution is 5.54. The molecule has 21 heavy (non-hydrogen) atoms. The molecule has 0 aliphatic carbocycles. The van der Waals surface area contributed by atoms with Crippen LogP contribution in [0, 0.1) is 5.41 Å². The van der Waals surface area contributed by atoms with Gasteiger partial charge in [-0.1, -0.05) is 20.8 Å². The van der Waals surface area contributed by atoms with Crippen LogP contribution in [0.1, 0.15) is 38.9 Å². The van der Waals surface area contributed by atoms with E-state index in [1.807, 2.05) is 0 Å². The molecule has 0 spiro atoms. The molecule has 0 aromatic heterocycles. The molecule has 0 saturated carbocycles. The predicted octanol–water partition coefficient (Wildman–Crippen LogP) is 2.51. The maximum absolute atomic E-state index is 10.4. The Labute approximate surface area is 127 Å². The zero-order valence-electron chi connectivity index (χ0n) is 13.8. The Morgan fingerprint density at radius 1 is 1.05 bits per heavy atom. The first kappa shape index (κ1) is 17.6. The minimum atomic E-state index is -0.687. The van der Waals surface area contributed by atoms with Gasteiger partial charge in [0.05, 0.1) is 27.4 Å². The molecule has 120 valence electrons. The minimum Gasteiger partial charge on any atom is -0.493 e. The van der Waals surface area contributed by atoms with Crippen molar-refractivity contribution in [1.29, 1.82) is 0 Å². The molecule has 0 amide bonds. The molecular weight excluding hydrogens is 270 g/mol. The van der Waals surface area contributed by atoms with Gasteiger partial charge in [0, 0.05) is 6.04 Å². The smallest absolute Gasteiger partial charge is 0.203 e. The molecule has 0 bridgehead atoms. The molecule has 1 aromatic carbocycles. The van der Waals surface area contributed by atoms with Crippen molar-refractivity contribution in [2.45, 2.75) is 39.3 Å². The first-order chi connectivity index (χ1) is 9.74. The Morgan fingerprint density at radius 3 is 1.86 bits per heavy atom. The van der Waals surface area contributed by atoms with Crippen LogP contribution in [0.25, 0.3) is 0 Å². The van der Waals surface area contributed by atoms with E-state index in [1.165, 1.54) is 0 Å². The second-order valence-electron chi connectivity index (χ2n) is 6.18. The molecule has 0 heterocycles. The predicted molar refractivity (Wildman–Crippen MR) is 83.1 cm³/mol. The van der Waals surface area contributed by atoms with Crippen molar-refractivity contribution in [2.75, 3.05) is 21.3 Å². The van der Waals surface area contributed by atoms with Crippen LogP contribution in [0.5, 0.6) is 17.2 Å². The van der Waals surface area contributed by atoms with Crippen LogP contribution in [-0.4, -0.2) is 32.5 Å². The lowest BCUT2D eigenvalue weighted by Crippen LogP contribution is -2.36. The summed E-state index contributed by atoms with van der Waals surface area (Å²) < 4.78 is 15.9. The summed E-state index contributed by atoms with van der Waals surface area (Å²) in [5.74, 6) is 1.56. The fraction of sp³-hybridized carbons (Fsp3) is 0.625. The van der Waals surface area contributed by atoms with Crippen molar-refractivity contribution in [3.63, 3.8) is 0 Å². The summed E-state index contributed by atoms with van der Waals surface area (Å²) in [4.78, 5) is 0. The van der Waals surface area contributed by atoms with Gasteiger partial charge in [0.1, 0.15) is 0 Å². The topological polar surface area (TPSA) is 73.9 Å². The second-order valence-corrected chi connectivity index (χ2v) is 6.18.